The molecule has 1 aromatic carbocycles. The van der Waals surface area contributed by atoms with E-state index in [0.29, 0.717) is 28.0 Å². The van der Waals surface area contributed by atoms with Crippen LogP contribution >= 0.6 is 23.2 Å². The molecule has 1 unspecified atom stereocenters. The van der Waals surface area contributed by atoms with Gasteiger partial charge in [0.25, 0.3) is 0 Å². The Hall–Kier alpha value is -0.480. The summed E-state index contributed by atoms with van der Waals surface area (Å²) < 4.78 is 5.39. The summed E-state index contributed by atoms with van der Waals surface area (Å²) in [5.74, 6) is 0.795. The van der Waals surface area contributed by atoms with E-state index in [-0.39, 0.29) is 5.92 Å². The molecule has 5 heteroatoms. The molecule has 1 aliphatic rings. The van der Waals surface area contributed by atoms with Gasteiger partial charge in [-0.15, -0.1) is 0 Å². The minimum atomic E-state index is -0.567. The Bertz CT molecular complexity index is 434. The van der Waals surface area contributed by atoms with Crippen LogP contribution in [0.25, 0.3) is 0 Å². The maximum Gasteiger partial charge on any atom is 0.139 e. The summed E-state index contributed by atoms with van der Waals surface area (Å²) in [6.45, 7) is 4.29. The summed E-state index contributed by atoms with van der Waals surface area (Å²) in [7, 11) is 0. The van der Waals surface area contributed by atoms with E-state index in [1.165, 1.54) is 0 Å². The fourth-order valence-electron chi connectivity index (χ4n) is 2.45. The maximum absolute atomic E-state index is 10.5. The second-order valence-electron chi connectivity index (χ2n) is 4.77. The zero-order valence-electron chi connectivity index (χ0n) is 11.0. The predicted molar refractivity (Wildman–Crippen MR) is 78.2 cm³/mol. The molecule has 106 valence electrons. The van der Waals surface area contributed by atoms with E-state index in [9.17, 15) is 5.11 Å². The van der Waals surface area contributed by atoms with Crippen molar-refractivity contribution in [2.45, 2.75) is 25.9 Å². The number of hydrogen-bond acceptors (Lipinski definition) is 3. The summed E-state index contributed by atoms with van der Waals surface area (Å²) in [5, 5.41) is 14.7. The lowest BCUT2D eigenvalue weighted by molar-refractivity contribution is 0.0890. The first-order chi connectivity index (χ1) is 9.13. The molecule has 1 aromatic rings. The van der Waals surface area contributed by atoms with E-state index >= 15 is 0 Å². The highest BCUT2D eigenvalue weighted by molar-refractivity contribution is 6.34. The molecule has 0 aliphatic carbocycles. The number of ether oxygens (including phenoxy) is 1. The molecule has 0 radical (unpaired) electrons. The first kappa shape index (κ1) is 14.9. The van der Waals surface area contributed by atoms with Crippen LogP contribution in [-0.2, 0) is 0 Å². The number of piperidine rings is 1. The van der Waals surface area contributed by atoms with E-state index in [1.54, 1.807) is 12.1 Å². The molecule has 19 heavy (non-hydrogen) atoms. The van der Waals surface area contributed by atoms with E-state index in [0.717, 1.165) is 25.9 Å². The largest absolute Gasteiger partial charge is 0.492 e. The third-order valence-electron chi connectivity index (χ3n) is 3.50. The molecule has 0 amide bonds. The van der Waals surface area contributed by atoms with Crippen LogP contribution < -0.4 is 10.1 Å². The van der Waals surface area contributed by atoms with Crippen molar-refractivity contribution in [1.82, 2.24) is 5.32 Å². The Morgan fingerprint density at radius 2 is 2.00 bits per heavy atom. The van der Waals surface area contributed by atoms with Crippen molar-refractivity contribution in [3.8, 4) is 5.75 Å². The van der Waals surface area contributed by atoms with Crippen LogP contribution in [0.3, 0.4) is 0 Å². The standard InChI is InChI=1S/C14H19Cl2NO2/c1-2-19-13-8-11(15)10(7-12(13)16)14(18)9-3-5-17-6-4-9/h7-9,14,17-18H,2-6H2,1H3. The summed E-state index contributed by atoms with van der Waals surface area (Å²) in [6, 6.07) is 3.41. The van der Waals surface area contributed by atoms with Crippen molar-refractivity contribution in [3.63, 3.8) is 0 Å². The SMILES string of the molecule is CCOc1cc(Cl)c(C(O)C2CCNCC2)cc1Cl. The van der Waals surface area contributed by atoms with Crippen LogP contribution in [0.4, 0.5) is 0 Å². The molecule has 2 rings (SSSR count). The van der Waals surface area contributed by atoms with Crippen LogP contribution in [-0.4, -0.2) is 24.8 Å². The maximum atomic E-state index is 10.5. The zero-order valence-corrected chi connectivity index (χ0v) is 12.5. The molecule has 2 N–H and O–H groups in total. The molecular formula is C14H19Cl2NO2. The van der Waals surface area contributed by atoms with Gasteiger partial charge in [0.05, 0.1) is 22.8 Å². The molecule has 3 nitrogen and oxygen atoms in total. The number of aliphatic hydroxyl groups excluding tert-OH is 1. The third kappa shape index (κ3) is 3.54. The van der Waals surface area contributed by atoms with Crippen molar-refractivity contribution in [2.75, 3.05) is 19.7 Å². The summed E-state index contributed by atoms with van der Waals surface area (Å²) in [5.41, 5.74) is 0.696. The summed E-state index contributed by atoms with van der Waals surface area (Å²) in [4.78, 5) is 0. The van der Waals surface area contributed by atoms with E-state index < -0.39 is 6.10 Å². The quantitative estimate of drug-likeness (QED) is 0.895. The van der Waals surface area contributed by atoms with Gasteiger partial charge in [0.2, 0.25) is 0 Å². The average molecular weight is 304 g/mol. The minimum absolute atomic E-state index is 0.229. The number of rotatable bonds is 4. The predicted octanol–water partition coefficient (Wildman–Crippen LogP) is 3.43. The van der Waals surface area contributed by atoms with Gasteiger partial charge in [-0.25, -0.2) is 0 Å². The van der Waals surface area contributed by atoms with Crippen LogP contribution in [0.1, 0.15) is 31.4 Å². The fourth-order valence-corrected chi connectivity index (χ4v) is 2.94. The summed E-state index contributed by atoms with van der Waals surface area (Å²) >= 11 is 12.4. The van der Waals surface area contributed by atoms with Crippen molar-refractivity contribution in [2.24, 2.45) is 5.92 Å². The summed E-state index contributed by atoms with van der Waals surface area (Å²) in [6.07, 6.45) is 1.33. The molecule has 0 spiro atoms. The average Bonchev–Trinajstić information content (AvgIpc) is 2.43. The number of nitrogens with one attached hydrogen (secondary N) is 1. The van der Waals surface area contributed by atoms with Gasteiger partial charge in [-0.3, -0.25) is 0 Å². The van der Waals surface area contributed by atoms with Gasteiger partial charge in [0.15, 0.2) is 0 Å². The Labute approximate surface area is 123 Å². The van der Waals surface area contributed by atoms with E-state index in [1.807, 2.05) is 6.92 Å². The van der Waals surface area contributed by atoms with Gasteiger partial charge in [-0.05, 0) is 44.8 Å². The second kappa shape index (κ2) is 6.80. The van der Waals surface area contributed by atoms with Gasteiger partial charge in [0, 0.05) is 11.6 Å². The highest BCUT2D eigenvalue weighted by Gasteiger charge is 2.25. The molecule has 1 saturated heterocycles. The number of benzene rings is 1. The molecule has 1 aliphatic heterocycles. The van der Waals surface area contributed by atoms with Gasteiger partial charge >= 0.3 is 0 Å². The zero-order chi connectivity index (χ0) is 13.8. The molecule has 0 aromatic heterocycles. The first-order valence-corrected chi connectivity index (χ1v) is 7.39. The third-order valence-corrected chi connectivity index (χ3v) is 4.12. The monoisotopic (exact) mass is 303 g/mol. The van der Waals surface area contributed by atoms with Crippen molar-refractivity contribution >= 4 is 23.2 Å². The number of hydrogen-bond donors (Lipinski definition) is 2. The smallest absolute Gasteiger partial charge is 0.139 e. The normalized spacial score (nSPS) is 18.3. The number of aliphatic hydroxyl groups is 1. The van der Waals surface area contributed by atoms with Gasteiger partial charge < -0.3 is 15.2 Å². The molecular weight excluding hydrogens is 285 g/mol. The molecule has 1 fully saturated rings. The highest BCUT2D eigenvalue weighted by Crippen LogP contribution is 2.38. The Balaban J connectivity index is 2.21. The van der Waals surface area contributed by atoms with Crippen molar-refractivity contribution < 1.29 is 9.84 Å². The van der Waals surface area contributed by atoms with Crippen LogP contribution in [0.5, 0.6) is 5.75 Å². The molecule has 0 bridgehead atoms. The van der Waals surface area contributed by atoms with Crippen molar-refractivity contribution in [1.29, 1.82) is 0 Å². The lowest BCUT2D eigenvalue weighted by Gasteiger charge is -2.28. The van der Waals surface area contributed by atoms with E-state index in [2.05, 4.69) is 5.32 Å². The van der Waals surface area contributed by atoms with Gasteiger partial charge in [-0.2, -0.15) is 0 Å². The van der Waals surface area contributed by atoms with Crippen LogP contribution in [0.15, 0.2) is 12.1 Å². The second-order valence-corrected chi connectivity index (χ2v) is 5.58. The number of halogens is 2. The van der Waals surface area contributed by atoms with Crippen LogP contribution in [0.2, 0.25) is 10.0 Å². The first-order valence-electron chi connectivity index (χ1n) is 6.64. The highest BCUT2D eigenvalue weighted by atomic mass is 35.5. The fraction of sp³-hybridized carbons (Fsp3) is 0.571. The molecule has 0 saturated carbocycles. The molecule has 1 atom stereocenters. The van der Waals surface area contributed by atoms with Gasteiger partial charge in [0.1, 0.15) is 5.75 Å². The van der Waals surface area contributed by atoms with Crippen LogP contribution in [0, 0.1) is 5.92 Å². The Morgan fingerprint density at radius 1 is 1.32 bits per heavy atom. The Morgan fingerprint density at radius 3 is 2.63 bits per heavy atom. The lowest BCUT2D eigenvalue weighted by atomic mass is 9.88. The van der Waals surface area contributed by atoms with E-state index in [4.69, 9.17) is 27.9 Å². The lowest BCUT2D eigenvalue weighted by Crippen LogP contribution is -2.30. The van der Waals surface area contributed by atoms with Gasteiger partial charge in [-0.1, -0.05) is 23.2 Å². The van der Waals surface area contributed by atoms with Crippen molar-refractivity contribution in [3.05, 3.63) is 27.7 Å². The minimum Gasteiger partial charge on any atom is -0.492 e. The topological polar surface area (TPSA) is 41.5 Å². The Kier molecular flexibility index (Phi) is 5.34. The molecule has 1 heterocycles.